The largest absolute Gasteiger partial charge is 0.423 e. The van der Waals surface area contributed by atoms with Crippen LogP contribution >= 0.6 is 0 Å². The molecule has 2 N–H and O–H groups in total. The first-order valence-corrected chi connectivity index (χ1v) is 7.05. The molecule has 0 spiro atoms. The van der Waals surface area contributed by atoms with Gasteiger partial charge in [-0.1, -0.05) is 6.07 Å². The lowest BCUT2D eigenvalue weighted by Crippen LogP contribution is -2.56. The zero-order chi connectivity index (χ0) is 14.3. The molecule has 1 aromatic carbocycles. The molecule has 5 heteroatoms. The summed E-state index contributed by atoms with van der Waals surface area (Å²) in [5, 5.41) is 0. The standard InChI is InChI=1S/C15H22N4O/c1-18(2)15(8-5-9-15)10-19(3)14-17-13-11(16)6-4-7-12(13)20-14/h4,6-7H,5,8-10,16H2,1-3H3. The number of anilines is 2. The first-order valence-electron chi connectivity index (χ1n) is 7.05. The maximum absolute atomic E-state index is 5.93. The Balaban J connectivity index is 1.85. The topological polar surface area (TPSA) is 58.5 Å². The van der Waals surface area contributed by atoms with Crippen LogP contribution in [-0.2, 0) is 0 Å². The molecular formula is C15H22N4O. The van der Waals surface area contributed by atoms with Crippen molar-refractivity contribution in [3.05, 3.63) is 18.2 Å². The number of hydrogen-bond donors (Lipinski definition) is 1. The van der Waals surface area contributed by atoms with E-state index in [1.807, 2.05) is 25.2 Å². The fourth-order valence-electron chi connectivity index (χ4n) is 2.96. The van der Waals surface area contributed by atoms with Crippen molar-refractivity contribution in [2.24, 2.45) is 0 Å². The van der Waals surface area contributed by atoms with Crippen molar-refractivity contribution < 1.29 is 4.42 Å². The van der Waals surface area contributed by atoms with Crippen LogP contribution in [0.25, 0.3) is 11.1 Å². The van der Waals surface area contributed by atoms with Gasteiger partial charge in [-0.3, -0.25) is 0 Å². The summed E-state index contributed by atoms with van der Waals surface area (Å²) in [4.78, 5) is 8.95. The van der Waals surface area contributed by atoms with E-state index in [2.05, 4.69) is 28.9 Å². The highest BCUT2D eigenvalue weighted by atomic mass is 16.4. The van der Waals surface area contributed by atoms with Crippen molar-refractivity contribution >= 4 is 22.8 Å². The van der Waals surface area contributed by atoms with Crippen LogP contribution in [0.5, 0.6) is 0 Å². The zero-order valence-corrected chi connectivity index (χ0v) is 12.4. The molecule has 0 unspecified atom stereocenters. The Morgan fingerprint density at radius 1 is 1.30 bits per heavy atom. The lowest BCUT2D eigenvalue weighted by atomic mass is 9.75. The van der Waals surface area contributed by atoms with Crippen LogP contribution in [0.15, 0.2) is 22.6 Å². The molecule has 0 saturated heterocycles. The van der Waals surface area contributed by atoms with Crippen LogP contribution in [0.4, 0.5) is 11.7 Å². The summed E-state index contributed by atoms with van der Waals surface area (Å²) < 4.78 is 5.82. The van der Waals surface area contributed by atoms with E-state index in [1.165, 1.54) is 19.3 Å². The number of rotatable bonds is 4. The van der Waals surface area contributed by atoms with Gasteiger partial charge in [-0.25, -0.2) is 0 Å². The van der Waals surface area contributed by atoms with E-state index in [0.29, 0.717) is 11.7 Å². The fraction of sp³-hybridized carbons (Fsp3) is 0.533. The lowest BCUT2D eigenvalue weighted by Gasteiger charge is -2.48. The monoisotopic (exact) mass is 274 g/mol. The van der Waals surface area contributed by atoms with E-state index in [4.69, 9.17) is 10.2 Å². The van der Waals surface area contributed by atoms with Crippen molar-refractivity contribution in [1.82, 2.24) is 9.88 Å². The molecule has 1 saturated carbocycles. The SMILES string of the molecule is CN(CC1(N(C)C)CCC1)c1nc2c(N)cccc2o1. The van der Waals surface area contributed by atoms with E-state index in [0.717, 1.165) is 17.6 Å². The van der Waals surface area contributed by atoms with Crippen LogP contribution in [0.1, 0.15) is 19.3 Å². The van der Waals surface area contributed by atoms with Crippen molar-refractivity contribution in [2.75, 3.05) is 38.3 Å². The molecule has 3 rings (SSSR count). The Hall–Kier alpha value is -1.75. The maximum atomic E-state index is 5.93. The molecule has 1 heterocycles. The first kappa shape index (κ1) is 13.2. The maximum Gasteiger partial charge on any atom is 0.298 e. The Kier molecular flexibility index (Phi) is 3.09. The molecule has 1 fully saturated rings. The van der Waals surface area contributed by atoms with E-state index in [9.17, 15) is 0 Å². The normalized spacial score (nSPS) is 17.4. The average molecular weight is 274 g/mol. The first-order chi connectivity index (χ1) is 9.52. The van der Waals surface area contributed by atoms with Crippen molar-refractivity contribution in [2.45, 2.75) is 24.8 Å². The van der Waals surface area contributed by atoms with Gasteiger partial charge in [-0.15, -0.1) is 0 Å². The molecule has 0 radical (unpaired) electrons. The molecule has 5 nitrogen and oxygen atoms in total. The number of likely N-dealkylation sites (N-methyl/N-ethyl adjacent to an activating group) is 2. The smallest absolute Gasteiger partial charge is 0.298 e. The summed E-state index contributed by atoms with van der Waals surface area (Å²) >= 11 is 0. The predicted octanol–water partition coefficient (Wildman–Crippen LogP) is 2.33. The minimum atomic E-state index is 0.251. The fourth-order valence-corrected chi connectivity index (χ4v) is 2.96. The molecule has 1 aliphatic rings. The second-order valence-electron chi connectivity index (χ2n) is 6.02. The van der Waals surface area contributed by atoms with Crippen LogP contribution in [0.3, 0.4) is 0 Å². The quantitative estimate of drug-likeness (QED) is 0.867. The van der Waals surface area contributed by atoms with E-state index < -0.39 is 0 Å². The molecule has 1 aliphatic carbocycles. The second-order valence-corrected chi connectivity index (χ2v) is 6.02. The highest BCUT2D eigenvalue weighted by Gasteiger charge is 2.40. The molecule has 1 aromatic heterocycles. The van der Waals surface area contributed by atoms with Gasteiger partial charge >= 0.3 is 0 Å². The average Bonchev–Trinajstić information content (AvgIpc) is 2.78. The molecule has 108 valence electrons. The summed E-state index contributed by atoms with van der Waals surface area (Å²) in [5.41, 5.74) is 8.35. The minimum Gasteiger partial charge on any atom is -0.423 e. The van der Waals surface area contributed by atoms with E-state index in [1.54, 1.807) is 0 Å². The Morgan fingerprint density at radius 3 is 2.60 bits per heavy atom. The summed E-state index contributed by atoms with van der Waals surface area (Å²) in [6, 6.07) is 6.29. The molecule has 0 atom stereocenters. The third-order valence-corrected chi connectivity index (χ3v) is 4.53. The van der Waals surface area contributed by atoms with Gasteiger partial charge < -0.3 is 20.0 Å². The molecule has 2 aromatic rings. The van der Waals surface area contributed by atoms with Gasteiger partial charge in [0.2, 0.25) is 0 Å². The van der Waals surface area contributed by atoms with E-state index in [-0.39, 0.29) is 5.54 Å². The van der Waals surface area contributed by atoms with Crippen LogP contribution in [-0.4, -0.2) is 43.1 Å². The number of nitrogens with zero attached hydrogens (tertiary/aromatic N) is 3. The van der Waals surface area contributed by atoms with Crippen LogP contribution < -0.4 is 10.6 Å². The molecule has 20 heavy (non-hydrogen) atoms. The summed E-state index contributed by atoms with van der Waals surface area (Å²) in [5.74, 6) is 0. The Morgan fingerprint density at radius 2 is 2.05 bits per heavy atom. The number of nitrogen functional groups attached to an aromatic ring is 1. The van der Waals surface area contributed by atoms with Gasteiger partial charge in [-0.05, 0) is 45.5 Å². The van der Waals surface area contributed by atoms with Crippen molar-refractivity contribution in [1.29, 1.82) is 0 Å². The number of aromatic nitrogens is 1. The number of para-hydroxylation sites is 1. The van der Waals surface area contributed by atoms with Crippen molar-refractivity contribution in [3.8, 4) is 0 Å². The zero-order valence-electron chi connectivity index (χ0n) is 12.4. The molecular weight excluding hydrogens is 252 g/mol. The molecule has 0 amide bonds. The summed E-state index contributed by atoms with van der Waals surface area (Å²) in [6.45, 7) is 0.923. The predicted molar refractivity (Wildman–Crippen MR) is 82.0 cm³/mol. The minimum absolute atomic E-state index is 0.251. The number of fused-ring (bicyclic) bond motifs is 1. The third-order valence-electron chi connectivity index (χ3n) is 4.53. The number of benzene rings is 1. The second kappa shape index (κ2) is 4.66. The van der Waals surface area contributed by atoms with Gasteiger partial charge in [0.1, 0.15) is 5.52 Å². The van der Waals surface area contributed by atoms with E-state index >= 15 is 0 Å². The number of hydrogen-bond acceptors (Lipinski definition) is 5. The highest BCUT2D eigenvalue weighted by molar-refractivity contribution is 5.86. The molecule has 0 aliphatic heterocycles. The Bertz CT molecular complexity index is 615. The molecule has 0 bridgehead atoms. The van der Waals surface area contributed by atoms with Crippen LogP contribution in [0.2, 0.25) is 0 Å². The van der Waals surface area contributed by atoms with Gasteiger partial charge in [0.15, 0.2) is 5.58 Å². The summed E-state index contributed by atoms with van der Waals surface area (Å²) in [6.07, 6.45) is 3.76. The van der Waals surface area contributed by atoms with Crippen molar-refractivity contribution in [3.63, 3.8) is 0 Å². The van der Waals surface area contributed by atoms with Gasteiger partial charge in [0, 0.05) is 19.1 Å². The number of oxazole rings is 1. The lowest BCUT2D eigenvalue weighted by molar-refractivity contribution is 0.0674. The number of nitrogens with two attached hydrogens (primary N) is 1. The Labute approximate surface area is 119 Å². The third kappa shape index (κ3) is 2.02. The van der Waals surface area contributed by atoms with Gasteiger partial charge in [0.05, 0.1) is 5.69 Å². The van der Waals surface area contributed by atoms with Crippen LogP contribution in [0, 0.1) is 0 Å². The summed E-state index contributed by atoms with van der Waals surface area (Å²) in [7, 11) is 6.33. The van der Waals surface area contributed by atoms with Gasteiger partial charge in [0.25, 0.3) is 6.01 Å². The highest BCUT2D eigenvalue weighted by Crippen LogP contribution is 2.37. The van der Waals surface area contributed by atoms with Gasteiger partial charge in [-0.2, -0.15) is 4.98 Å².